The SMILES string of the molecule is O=C1CNC(C(=O)NCC2CCCCC2C(=O)O)CN1. The Labute approximate surface area is 117 Å². The number of rotatable bonds is 4. The summed E-state index contributed by atoms with van der Waals surface area (Å²) in [5.41, 5.74) is 0. The molecule has 1 aliphatic carbocycles. The van der Waals surface area contributed by atoms with Crippen LogP contribution in [0.2, 0.25) is 0 Å². The van der Waals surface area contributed by atoms with Gasteiger partial charge in [0, 0.05) is 13.1 Å². The fraction of sp³-hybridized carbons (Fsp3) is 0.769. The number of piperazine rings is 1. The van der Waals surface area contributed by atoms with E-state index in [0.717, 1.165) is 19.3 Å². The van der Waals surface area contributed by atoms with E-state index >= 15 is 0 Å². The van der Waals surface area contributed by atoms with Crippen molar-refractivity contribution in [3.05, 3.63) is 0 Å². The van der Waals surface area contributed by atoms with Crippen LogP contribution in [-0.4, -0.2) is 48.6 Å². The van der Waals surface area contributed by atoms with Gasteiger partial charge in [-0.1, -0.05) is 12.8 Å². The highest BCUT2D eigenvalue weighted by molar-refractivity contribution is 5.86. The molecule has 0 spiro atoms. The topological polar surface area (TPSA) is 108 Å². The van der Waals surface area contributed by atoms with E-state index in [2.05, 4.69) is 16.0 Å². The van der Waals surface area contributed by atoms with Crippen molar-refractivity contribution in [1.29, 1.82) is 0 Å². The molecule has 0 radical (unpaired) electrons. The number of nitrogens with one attached hydrogen (secondary N) is 3. The van der Waals surface area contributed by atoms with Gasteiger partial charge in [0.2, 0.25) is 11.8 Å². The van der Waals surface area contributed by atoms with Gasteiger partial charge in [0.25, 0.3) is 0 Å². The van der Waals surface area contributed by atoms with Gasteiger partial charge in [-0.25, -0.2) is 0 Å². The lowest BCUT2D eigenvalue weighted by molar-refractivity contribution is -0.145. The first-order valence-electron chi connectivity index (χ1n) is 7.08. The molecule has 0 aromatic rings. The Kier molecular flexibility index (Phi) is 4.94. The zero-order valence-corrected chi connectivity index (χ0v) is 11.4. The standard InChI is InChI=1S/C13H21N3O4/c17-11-7-14-10(6-15-11)12(18)16-5-8-3-1-2-4-9(8)13(19)20/h8-10,14H,1-7H2,(H,15,17)(H,16,18)(H,19,20). The number of carboxylic acid groups (broad SMARTS) is 1. The largest absolute Gasteiger partial charge is 0.481 e. The second-order valence-corrected chi connectivity index (χ2v) is 5.47. The Morgan fingerprint density at radius 3 is 2.70 bits per heavy atom. The number of aliphatic carboxylic acids is 1. The Hall–Kier alpha value is -1.63. The quantitative estimate of drug-likeness (QED) is 0.534. The zero-order valence-electron chi connectivity index (χ0n) is 11.4. The molecule has 3 unspecified atom stereocenters. The molecule has 1 heterocycles. The smallest absolute Gasteiger partial charge is 0.306 e. The van der Waals surface area contributed by atoms with E-state index in [1.54, 1.807) is 0 Å². The van der Waals surface area contributed by atoms with Gasteiger partial charge >= 0.3 is 5.97 Å². The summed E-state index contributed by atoms with van der Waals surface area (Å²) < 4.78 is 0. The molecular formula is C13H21N3O4. The first-order valence-corrected chi connectivity index (χ1v) is 7.08. The van der Waals surface area contributed by atoms with Crippen LogP contribution in [0.4, 0.5) is 0 Å². The van der Waals surface area contributed by atoms with E-state index in [1.807, 2.05) is 0 Å². The van der Waals surface area contributed by atoms with E-state index in [0.29, 0.717) is 13.0 Å². The van der Waals surface area contributed by atoms with Gasteiger partial charge in [-0.15, -0.1) is 0 Å². The minimum absolute atomic E-state index is 0.00313. The number of carbonyl (C=O) groups is 3. The van der Waals surface area contributed by atoms with E-state index in [1.165, 1.54) is 0 Å². The number of hydrogen-bond donors (Lipinski definition) is 4. The Bertz CT molecular complexity index is 389. The molecule has 2 rings (SSSR count). The molecule has 1 aliphatic heterocycles. The molecule has 112 valence electrons. The lowest BCUT2D eigenvalue weighted by Gasteiger charge is -2.30. The van der Waals surface area contributed by atoms with Crippen LogP contribution in [0.15, 0.2) is 0 Å². The van der Waals surface area contributed by atoms with Gasteiger partial charge < -0.3 is 15.7 Å². The molecule has 2 aliphatic rings. The fourth-order valence-electron chi connectivity index (χ4n) is 2.88. The van der Waals surface area contributed by atoms with Gasteiger partial charge in [0.05, 0.1) is 12.5 Å². The highest BCUT2D eigenvalue weighted by atomic mass is 16.4. The minimum Gasteiger partial charge on any atom is -0.481 e. The van der Waals surface area contributed by atoms with Crippen LogP contribution in [0.1, 0.15) is 25.7 Å². The number of amides is 2. The van der Waals surface area contributed by atoms with Gasteiger partial charge in [-0.2, -0.15) is 0 Å². The Balaban J connectivity index is 1.79. The summed E-state index contributed by atoms with van der Waals surface area (Å²) in [7, 11) is 0. The summed E-state index contributed by atoms with van der Waals surface area (Å²) in [5, 5.41) is 17.5. The van der Waals surface area contributed by atoms with Crippen LogP contribution in [-0.2, 0) is 14.4 Å². The second kappa shape index (κ2) is 6.69. The Morgan fingerprint density at radius 1 is 1.30 bits per heavy atom. The highest BCUT2D eigenvalue weighted by Crippen LogP contribution is 2.29. The van der Waals surface area contributed by atoms with E-state index in [-0.39, 0.29) is 36.7 Å². The van der Waals surface area contributed by atoms with Crippen molar-refractivity contribution in [2.75, 3.05) is 19.6 Å². The first-order chi connectivity index (χ1) is 9.58. The number of carboxylic acids is 1. The van der Waals surface area contributed by atoms with E-state index in [9.17, 15) is 19.5 Å². The predicted octanol–water partition coefficient (Wildman–Crippen LogP) is -0.918. The molecule has 3 atom stereocenters. The van der Waals surface area contributed by atoms with Crippen LogP contribution >= 0.6 is 0 Å². The minimum atomic E-state index is -0.771. The van der Waals surface area contributed by atoms with Crippen LogP contribution in [0, 0.1) is 11.8 Å². The summed E-state index contributed by atoms with van der Waals surface area (Å²) in [4.78, 5) is 34.1. The Morgan fingerprint density at radius 2 is 2.05 bits per heavy atom. The molecule has 0 bridgehead atoms. The van der Waals surface area contributed by atoms with Crippen molar-refractivity contribution in [3.8, 4) is 0 Å². The van der Waals surface area contributed by atoms with Crippen LogP contribution in [0.3, 0.4) is 0 Å². The third-order valence-corrected chi connectivity index (χ3v) is 4.09. The summed E-state index contributed by atoms with van der Waals surface area (Å²) in [6, 6.07) is -0.431. The monoisotopic (exact) mass is 283 g/mol. The fourth-order valence-corrected chi connectivity index (χ4v) is 2.88. The average molecular weight is 283 g/mol. The van der Waals surface area contributed by atoms with Crippen LogP contribution in [0.25, 0.3) is 0 Å². The first kappa shape index (κ1) is 14.8. The molecule has 2 fully saturated rings. The summed E-state index contributed by atoms with van der Waals surface area (Å²) in [6.45, 7) is 0.804. The van der Waals surface area contributed by atoms with Gasteiger partial charge in [0.15, 0.2) is 0 Å². The molecule has 1 saturated heterocycles. The maximum atomic E-state index is 12.0. The van der Waals surface area contributed by atoms with Crippen molar-refractivity contribution in [2.24, 2.45) is 11.8 Å². The second-order valence-electron chi connectivity index (χ2n) is 5.47. The summed E-state index contributed by atoms with van der Waals surface area (Å²) in [6.07, 6.45) is 3.49. The van der Waals surface area contributed by atoms with Gasteiger partial charge in [-0.3, -0.25) is 19.7 Å². The molecule has 4 N–H and O–H groups in total. The van der Waals surface area contributed by atoms with Crippen molar-refractivity contribution in [3.63, 3.8) is 0 Å². The summed E-state index contributed by atoms with van der Waals surface area (Å²) in [5.74, 6) is -1.43. The third kappa shape index (κ3) is 3.69. The lowest BCUT2D eigenvalue weighted by atomic mass is 9.79. The number of hydrogen-bond acceptors (Lipinski definition) is 4. The zero-order chi connectivity index (χ0) is 14.5. The van der Waals surface area contributed by atoms with Crippen LogP contribution < -0.4 is 16.0 Å². The maximum Gasteiger partial charge on any atom is 0.306 e. The van der Waals surface area contributed by atoms with Gasteiger partial charge in [0.1, 0.15) is 6.04 Å². The molecule has 20 heavy (non-hydrogen) atoms. The molecule has 0 aromatic heterocycles. The van der Waals surface area contributed by atoms with Crippen LogP contribution in [0.5, 0.6) is 0 Å². The lowest BCUT2D eigenvalue weighted by Crippen LogP contribution is -2.58. The van der Waals surface area contributed by atoms with Crippen molar-refractivity contribution < 1.29 is 19.5 Å². The predicted molar refractivity (Wildman–Crippen MR) is 70.9 cm³/mol. The molecule has 2 amide bonds. The summed E-state index contributed by atoms with van der Waals surface area (Å²) >= 11 is 0. The average Bonchev–Trinajstić information content (AvgIpc) is 2.45. The van der Waals surface area contributed by atoms with Crippen molar-refractivity contribution in [2.45, 2.75) is 31.7 Å². The number of carbonyl (C=O) groups excluding carboxylic acids is 2. The van der Waals surface area contributed by atoms with Crippen molar-refractivity contribution in [1.82, 2.24) is 16.0 Å². The third-order valence-electron chi connectivity index (χ3n) is 4.09. The normalized spacial score (nSPS) is 30.4. The molecule has 7 nitrogen and oxygen atoms in total. The highest BCUT2D eigenvalue weighted by Gasteiger charge is 2.31. The van der Waals surface area contributed by atoms with Crippen molar-refractivity contribution >= 4 is 17.8 Å². The molecule has 0 aromatic carbocycles. The van der Waals surface area contributed by atoms with E-state index in [4.69, 9.17) is 0 Å². The van der Waals surface area contributed by atoms with Gasteiger partial charge in [-0.05, 0) is 18.8 Å². The molecule has 1 saturated carbocycles. The molecule has 7 heteroatoms. The maximum absolute atomic E-state index is 12.0. The van der Waals surface area contributed by atoms with E-state index < -0.39 is 12.0 Å². The molecular weight excluding hydrogens is 262 g/mol.